The van der Waals surface area contributed by atoms with Crippen molar-refractivity contribution in [2.24, 2.45) is 7.05 Å². The van der Waals surface area contributed by atoms with Gasteiger partial charge in [0.1, 0.15) is 5.82 Å². The molecule has 0 aliphatic rings. The molecule has 0 amide bonds. The first-order chi connectivity index (χ1) is 8.90. The number of aromatic carboxylic acids is 1. The molecule has 5 heteroatoms. The molecule has 0 radical (unpaired) electrons. The molecule has 0 saturated carbocycles. The van der Waals surface area contributed by atoms with E-state index in [1.807, 2.05) is 13.8 Å². The maximum atomic E-state index is 13.9. The van der Waals surface area contributed by atoms with Crippen molar-refractivity contribution in [2.75, 3.05) is 0 Å². The van der Waals surface area contributed by atoms with E-state index in [4.69, 9.17) is 5.11 Å². The molecular weight excluding hydrogens is 247 g/mol. The first-order valence-corrected chi connectivity index (χ1v) is 5.97. The second-order valence-electron chi connectivity index (χ2n) is 4.76. The lowest BCUT2D eigenvalue weighted by molar-refractivity contribution is 0.0697. The van der Waals surface area contributed by atoms with E-state index in [-0.39, 0.29) is 17.0 Å². The van der Waals surface area contributed by atoms with Gasteiger partial charge >= 0.3 is 5.97 Å². The van der Waals surface area contributed by atoms with E-state index < -0.39 is 11.8 Å². The molecule has 2 rings (SSSR count). The number of carboxylic acids is 1. The van der Waals surface area contributed by atoms with Gasteiger partial charge in [-0.2, -0.15) is 5.10 Å². The molecule has 0 spiro atoms. The van der Waals surface area contributed by atoms with Crippen molar-refractivity contribution in [3.8, 4) is 11.1 Å². The van der Waals surface area contributed by atoms with Crippen LogP contribution in [0, 0.1) is 5.82 Å². The summed E-state index contributed by atoms with van der Waals surface area (Å²) in [5, 5.41) is 13.3. The van der Waals surface area contributed by atoms with Gasteiger partial charge in [-0.3, -0.25) is 4.68 Å². The molecule has 1 aromatic carbocycles. The summed E-state index contributed by atoms with van der Waals surface area (Å²) in [6, 6.07) is 3.78. The molecule has 0 atom stereocenters. The van der Waals surface area contributed by atoms with Crippen molar-refractivity contribution in [3.05, 3.63) is 41.5 Å². The Morgan fingerprint density at radius 3 is 2.63 bits per heavy atom. The molecule has 0 saturated heterocycles. The van der Waals surface area contributed by atoms with Crippen LogP contribution >= 0.6 is 0 Å². The summed E-state index contributed by atoms with van der Waals surface area (Å²) in [4.78, 5) is 11.0. The maximum absolute atomic E-state index is 13.9. The van der Waals surface area contributed by atoms with Gasteiger partial charge in [0, 0.05) is 24.4 Å². The molecule has 2 aromatic rings. The number of aryl methyl sites for hydroxylation is 1. The van der Waals surface area contributed by atoms with Gasteiger partial charge in [-0.05, 0) is 24.1 Å². The number of hydrogen-bond acceptors (Lipinski definition) is 2. The number of hydrogen-bond donors (Lipinski definition) is 1. The number of nitrogens with zero attached hydrogens (tertiary/aromatic N) is 2. The number of benzene rings is 1. The Kier molecular flexibility index (Phi) is 3.38. The van der Waals surface area contributed by atoms with Crippen molar-refractivity contribution in [1.82, 2.24) is 9.78 Å². The molecule has 0 fully saturated rings. The topological polar surface area (TPSA) is 55.1 Å². The van der Waals surface area contributed by atoms with Gasteiger partial charge in [0.15, 0.2) is 0 Å². The van der Waals surface area contributed by atoms with Crippen LogP contribution < -0.4 is 0 Å². The standard InChI is InChI=1S/C14H15FN2O2/c1-8(2)13-11(7-17(3)16-13)10-6-9(14(18)19)4-5-12(10)15/h4-8H,1-3H3,(H,18,19). The van der Waals surface area contributed by atoms with Crippen LogP contribution in [-0.4, -0.2) is 20.9 Å². The van der Waals surface area contributed by atoms with Crippen LogP contribution in [0.4, 0.5) is 4.39 Å². The highest BCUT2D eigenvalue weighted by atomic mass is 19.1. The second kappa shape index (κ2) is 4.84. The number of halogens is 1. The zero-order valence-corrected chi connectivity index (χ0v) is 11.0. The van der Waals surface area contributed by atoms with E-state index in [1.54, 1.807) is 17.9 Å². The minimum absolute atomic E-state index is 0.0648. The Balaban J connectivity index is 2.64. The quantitative estimate of drug-likeness (QED) is 0.924. The summed E-state index contributed by atoms with van der Waals surface area (Å²) in [7, 11) is 1.76. The minimum Gasteiger partial charge on any atom is -0.478 e. The Bertz CT molecular complexity index is 632. The van der Waals surface area contributed by atoms with Gasteiger partial charge in [-0.1, -0.05) is 13.8 Å². The highest BCUT2D eigenvalue weighted by Gasteiger charge is 2.17. The van der Waals surface area contributed by atoms with Crippen molar-refractivity contribution < 1.29 is 14.3 Å². The SMILES string of the molecule is CC(C)c1nn(C)cc1-c1cc(C(=O)O)ccc1F. The van der Waals surface area contributed by atoms with Gasteiger partial charge < -0.3 is 5.11 Å². The number of aromatic nitrogens is 2. The predicted octanol–water partition coefficient (Wildman–Crippen LogP) is 3.05. The highest BCUT2D eigenvalue weighted by molar-refractivity contribution is 5.89. The number of carboxylic acid groups (broad SMARTS) is 1. The Morgan fingerprint density at radius 1 is 1.37 bits per heavy atom. The number of rotatable bonds is 3. The van der Waals surface area contributed by atoms with E-state index in [1.165, 1.54) is 18.2 Å². The zero-order chi connectivity index (χ0) is 14.2. The van der Waals surface area contributed by atoms with Gasteiger partial charge in [0.2, 0.25) is 0 Å². The van der Waals surface area contributed by atoms with Gasteiger partial charge in [-0.25, -0.2) is 9.18 Å². The van der Waals surface area contributed by atoms with Crippen LogP contribution in [0.5, 0.6) is 0 Å². The molecule has 0 unspecified atom stereocenters. The van der Waals surface area contributed by atoms with Gasteiger partial charge in [0.25, 0.3) is 0 Å². The van der Waals surface area contributed by atoms with Crippen molar-refractivity contribution in [1.29, 1.82) is 0 Å². The lowest BCUT2D eigenvalue weighted by Gasteiger charge is -2.07. The second-order valence-corrected chi connectivity index (χ2v) is 4.76. The molecule has 4 nitrogen and oxygen atoms in total. The molecular formula is C14H15FN2O2. The maximum Gasteiger partial charge on any atom is 0.335 e. The lowest BCUT2D eigenvalue weighted by atomic mass is 9.98. The first-order valence-electron chi connectivity index (χ1n) is 5.97. The van der Waals surface area contributed by atoms with Crippen LogP contribution in [-0.2, 0) is 7.05 Å². The Hall–Kier alpha value is -2.17. The third-order valence-corrected chi connectivity index (χ3v) is 2.91. The monoisotopic (exact) mass is 262 g/mol. The van der Waals surface area contributed by atoms with E-state index in [0.29, 0.717) is 5.56 Å². The highest BCUT2D eigenvalue weighted by Crippen LogP contribution is 2.30. The predicted molar refractivity (Wildman–Crippen MR) is 69.7 cm³/mol. The smallest absolute Gasteiger partial charge is 0.335 e. The average Bonchev–Trinajstić information content (AvgIpc) is 2.71. The minimum atomic E-state index is -1.07. The summed E-state index contributed by atoms with van der Waals surface area (Å²) in [5.74, 6) is -1.39. The zero-order valence-electron chi connectivity index (χ0n) is 11.0. The van der Waals surface area contributed by atoms with Gasteiger partial charge in [0.05, 0.1) is 11.3 Å². The van der Waals surface area contributed by atoms with E-state index in [9.17, 15) is 9.18 Å². The number of carbonyl (C=O) groups is 1. The van der Waals surface area contributed by atoms with E-state index >= 15 is 0 Å². The van der Waals surface area contributed by atoms with Crippen molar-refractivity contribution in [3.63, 3.8) is 0 Å². The van der Waals surface area contributed by atoms with E-state index in [2.05, 4.69) is 5.10 Å². The third kappa shape index (κ3) is 2.50. The molecule has 0 aliphatic carbocycles. The largest absolute Gasteiger partial charge is 0.478 e. The fourth-order valence-electron chi connectivity index (χ4n) is 2.00. The molecule has 0 bridgehead atoms. The van der Waals surface area contributed by atoms with Crippen LogP contribution in [0.25, 0.3) is 11.1 Å². The van der Waals surface area contributed by atoms with Crippen LogP contribution in [0.15, 0.2) is 24.4 Å². The van der Waals surface area contributed by atoms with E-state index in [0.717, 1.165) is 5.69 Å². The lowest BCUT2D eigenvalue weighted by Crippen LogP contribution is -1.99. The average molecular weight is 262 g/mol. The van der Waals surface area contributed by atoms with Crippen molar-refractivity contribution >= 4 is 5.97 Å². The summed E-state index contributed by atoms with van der Waals surface area (Å²) in [5.41, 5.74) is 1.73. The molecule has 19 heavy (non-hydrogen) atoms. The molecule has 0 aliphatic heterocycles. The van der Waals surface area contributed by atoms with Crippen LogP contribution in [0.2, 0.25) is 0 Å². The summed E-state index contributed by atoms with van der Waals surface area (Å²) < 4.78 is 15.6. The molecule has 1 aromatic heterocycles. The summed E-state index contributed by atoms with van der Waals surface area (Å²) in [6.07, 6.45) is 1.71. The Labute approximate surface area is 110 Å². The van der Waals surface area contributed by atoms with Crippen LogP contribution in [0.1, 0.15) is 35.8 Å². The molecule has 1 heterocycles. The van der Waals surface area contributed by atoms with Gasteiger partial charge in [-0.15, -0.1) is 0 Å². The Morgan fingerprint density at radius 2 is 2.05 bits per heavy atom. The fraction of sp³-hybridized carbons (Fsp3) is 0.286. The van der Waals surface area contributed by atoms with Crippen LogP contribution in [0.3, 0.4) is 0 Å². The van der Waals surface area contributed by atoms with Crippen molar-refractivity contribution in [2.45, 2.75) is 19.8 Å². The third-order valence-electron chi connectivity index (χ3n) is 2.91. The first kappa shape index (κ1) is 13.3. The fourth-order valence-corrected chi connectivity index (χ4v) is 2.00. The summed E-state index contributed by atoms with van der Waals surface area (Å²) >= 11 is 0. The normalized spacial score (nSPS) is 11.0. The summed E-state index contributed by atoms with van der Waals surface area (Å²) in [6.45, 7) is 3.93. The molecule has 100 valence electrons. The molecule has 1 N–H and O–H groups in total.